The van der Waals surface area contributed by atoms with Crippen LogP contribution in [0.1, 0.15) is 25.7 Å². The standard InChI is InChI=1S/C17H23N3O3/c18-15-4-2-1-3-14(15)17(22)19-12-5-7-13(8-6-12)20-9-10-23-11-16(20)21/h5-8,14-15H,1-4,9-11,18H2,(H,19,22). The van der Waals surface area contributed by atoms with Crippen LogP contribution in [0.5, 0.6) is 0 Å². The molecule has 6 nitrogen and oxygen atoms in total. The smallest absolute Gasteiger partial charge is 0.253 e. The number of nitrogens with one attached hydrogen (secondary N) is 1. The molecular formula is C17H23N3O3. The highest BCUT2D eigenvalue weighted by molar-refractivity contribution is 5.96. The summed E-state index contributed by atoms with van der Waals surface area (Å²) in [5.41, 5.74) is 7.61. The van der Waals surface area contributed by atoms with Crippen molar-refractivity contribution in [1.82, 2.24) is 0 Å². The minimum Gasteiger partial charge on any atom is -0.370 e. The Kier molecular flexibility index (Phi) is 4.93. The molecule has 1 saturated heterocycles. The van der Waals surface area contributed by atoms with Gasteiger partial charge >= 0.3 is 0 Å². The number of hydrogen-bond donors (Lipinski definition) is 2. The number of morpholine rings is 1. The van der Waals surface area contributed by atoms with E-state index in [4.69, 9.17) is 10.5 Å². The van der Waals surface area contributed by atoms with Gasteiger partial charge in [-0.1, -0.05) is 12.8 Å². The van der Waals surface area contributed by atoms with Crippen LogP contribution in [0, 0.1) is 5.92 Å². The Morgan fingerprint density at radius 2 is 1.96 bits per heavy atom. The van der Waals surface area contributed by atoms with Crippen LogP contribution < -0.4 is 16.0 Å². The lowest BCUT2D eigenvalue weighted by Crippen LogP contribution is -2.41. The number of ether oxygens (including phenoxy) is 1. The fourth-order valence-electron chi connectivity index (χ4n) is 3.24. The summed E-state index contributed by atoms with van der Waals surface area (Å²) >= 11 is 0. The van der Waals surface area contributed by atoms with Crippen LogP contribution in [0.15, 0.2) is 24.3 Å². The highest BCUT2D eigenvalue weighted by Crippen LogP contribution is 2.25. The molecule has 2 atom stereocenters. The lowest BCUT2D eigenvalue weighted by Gasteiger charge is -2.28. The summed E-state index contributed by atoms with van der Waals surface area (Å²) in [6.07, 6.45) is 3.93. The van der Waals surface area contributed by atoms with Crippen molar-refractivity contribution in [3.8, 4) is 0 Å². The molecule has 1 aliphatic heterocycles. The molecule has 1 aromatic rings. The lowest BCUT2D eigenvalue weighted by molar-refractivity contribution is -0.125. The van der Waals surface area contributed by atoms with E-state index in [1.165, 1.54) is 0 Å². The molecule has 124 valence electrons. The van der Waals surface area contributed by atoms with Crippen molar-refractivity contribution < 1.29 is 14.3 Å². The minimum absolute atomic E-state index is 0.00704. The molecule has 2 unspecified atom stereocenters. The molecule has 2 amide bonds. The summed E-state index contributed by atoms with van der Waals surface area (Å²) in [5, 5.41) is 2.94. The normalized spacial score (nSPS) is 25.3. The van der Waals surface area contributed by atoms with E-state index in [9.17, 15) is 9.59 Å². The van der Waals surface area contributed by atoms with Crippen molar-refractivity contribution in [3.05, 3.63) is 24.3 Å². The SMILES string of the molecule is NC1CCCCC1C(=O)Nc1ccc(N2CCOCC2=O)cc1. The zero-order valence-electron chi connectivity index (χ0n) is 13.2. The van der Waals surface area contributed by atoms with E-state index in [0.717, 1.165) is 37.1 Å². The quantitative estimate of drug-likeness (QED) is 0.885. The van der Waals surface area contributed by atoms with E-state index in [1.807, 2.05) is 24.3 Å². The van der Waals surface area contributed by atoms with Crippen LogP contribution in [0.4, 0.5) is 11.4 Å². The Morgan fingerprint density at radius 3 is 2.65 bits per heavy atom. The Hall–Kier alpha value is -1.92. The number of rotatable bonds is 3. The molecule has 2 aliphatic rings. The first-order valence-electron chi connectivity index (χ1n) is 8.20. The summed E-state index contributed by atoms with van der Waals surface area (Å²) in [6.45, 7) is 1.23. The van der Waals surface area contributed by atoms with Gasteiger partial charge < -0.3 is 20.7 Å². The van der Waals surface area contributed by atoms with Crippen LogP contribution in [0.3, 0.4) is 0 Å². The van der Waals surface area contributed by atoms with E-state index in [1.54, 1.807) is 4.90 Å². The Morgan fingerprint density at radius 1 is 1.22 bits per heavy atom. The van der Waals surface area contributed by atoms with E-state index >= 15 is 0 Å². The van der Waals surface area contributed by atoms with Gasteiger partial charge in [0.15, 0.2) is 0 Å². The molecule has 1 aliphatic carbocycles. The molecule has 2 fully saturated rings. The molecular weight excluding hydrogens is 294 g/mol. The number of carbonyl (C=O) groups is 2. The van der Waals surface area contributed by atoms with Crippen molar-refractivity contribution in [2.75, 3.05) is 30.0 Å². The predicted octanol–water partition coefficient (Wildman–Crippen LogP) is 1.51. The molecule has 1 aromatic carbocycles. The number of benzene rings is 1. The predicted molar refractivity (Wildman–Crippen MR) is 88.2 cm³/mol. The first-order chi connectivity index (χ1) is 11.1. The minimum atomic E-state index is -0.107. The summed E-state index contributed by atoms with van der Waals surface area (Å²) in [7, 11) is 0. The maximum atomic E-state index is 12.3. The first-order valence-corrected chi connectivity index (χ1v) is 8.20. The van der Waals surface area contributed by atoms with E-state index in [0.29, 0.717) is 13.2 Å². The van der Waals surface area contributed by atoms with Gasteiger partial charge in [-0.25, -0.2) is 0 Å². The van der Waals surface area contributed by atoms with Gasteiger partial charge in [0.05, 0.1) is 12.5 Å². The van der Waals surface area contributed by atoms with E-state index < -0.39 is 0 Å². The molecule has 3 N–H and O–H groups in total. The zero-order chi connectivity index (χ0) is 16.2. The largest absolute Gasteiger partial charge is 0.370 e. The second-order valence-electron chi connectivity index (χ2n) is 6.19. The Balaban J connectivity index is 1.63. The summed E-state index contributed by atoms with van der Waals surface area (Å²) in [6, 6.07) is 7.29. The van der Waals surface area contributed by atoms with Gasteiger partial charge in [0.1, 0.15) is 6.61 Å². The lowest BCUT2D eigenvalue weighted by atomic mass is 9.84. The highest BCUT2D eigenvalue weighted by atomic mass is 16.5. The maximum absolute atomic E-state index is 12.3. The van der Waals surface area contributed by atoms with Crippen LogP contribution in [0.2, 0.25) is 0 Å². The van der Waals surface area contributed by atoms with Crippen molar-refractivity contribution in [2.45, 2.75) is 31.7 Å². The average molecular weight is 317 g/mol. The van der Waals surface area contributed by atoms with Crippen LogP contribution in [-0.4, -0.2) is 37.6 Å². The van der Waals surface area contributed by atoms with Gasteiger partial charge in [-0.3, -0.25) is 9.59 Å². The van der Waals surface area contributed by atoms with E-state index in [-0.39, 0.29) is 30.4 Å². The third kappa shape index (κ3) is 3.71. The molecule has 1 saturated carbocycles. The van der Waals surface area contributed by atoms with Gasteiger partial charge in [0.25, 0.3) is 5.91 Å². The molecule has 23 heavy (non-hydrogen) atoms. The van der Waals surface area contributed by atoms with Crippen LogP contribution in [-0.2, 0) is 14.3 Å². The number of hydrogen-bond acceptors (Lipinski definition) is 4. The summed E-state index contributed by atoms with van der Waals surface area (Å²) in [5.74, 6) is -0.155. The van der Waals surface area contributed by atoms with Gasteiger partial charge in [0.2, 0.25) is 5.91 Å². The van der Waals surface area contributed by atoms with Crippen molar-refractivity contribution in [2.24, 2.45) is 11.7 Å². The molecule has 1 heterocycles. The van der Waals surface area contributed by atoms with Crippen molar-refractivity contribution in [3.63, 3.8) is 0 Å². The number of carbonyl (C=O) groups excluding carboxylic acids is 2. The molecule has 0 radical (unpaired) electrons. The monoisotopic (exact) mass is 317 g/mol. The summed E-state index contributed by atoms with van der Waals surface area (Å²) in [4.78, 5) is 25.9. The van der Waals surface area contributed by atoms with Crippen LogP contribution >= 0.6 is 0 Å². The molecule has 0 aromatic heterocycles. The van der Waals surface area contributed by atoms with Crippen molar-refractivity contribution in [1.29, 1.82) is 0 Å². The number of anilines is 2. The highest BCUT2D eigenvalue weighted by Gasteiger charge is 2.28. The van der Waals surface area contributed by atoms with Crippen LogP contribution in [0.25, 0.3) is 0 Å². The third-order valence-corrected chi connectivity index (χ3v) is 4.59. The zero-order valence-corrected chi connectivity index (χ0v) is 13.2. The van der Waals surface area contributed by atoms with E-state index in [2.05, 4.69) is 5.32 Å². The molecule has 6 heteroatoms. The average Bonchev–Trinajstić information content (AvgIpc) is 2.56. The maximum Gasteiger partial charge on any atom is 0.253 e. The van der Waals surface area contributed by atoms with Gasteiger partial charge in [0, 0.05) is 24.0 Å². The Labute approximate surface area is 136 Å². The summed E-state index contributed by atoms with van der Waals surface area (Å²) < 4.78 is 5.13. The fourth-order valence-corrected chi connectivity index (χ4v) is 3.24. The van der Waals surface area contributed by atoms with Crippen molar-refractivity contribution >= 4 is 23.2 Å². The van der Waals surface area contributed by atoms with Gasteiger partial charge in [-0.05, 0) is 37.1 Å². The fraction of sp³-hybridized carbons (Fsp3) is 0.529. The number of nitrogens with zero attached hydrogens (tertiary/aromatic N) is 1. The molecule has 0 bridgehead atoms. The molecule has 3 rings (SSSR count). The number of amides is 2. The Bertz CT molecular complexity index is 573. The molecule has 0 spiro atoms. The number of nitrogens with two attached hydrogens (primary N) is 1. The van der Waals surface area contributed by atoms with Gasteiger partial charge in [-0.15, -0.1) is 0 Å². The third-order valence-electron chi connectivity index (χ3n) is 4.59. The first kappa shape index (κ1) is 16.0. The van der Waals surface area contributed by atoms with Gasteiger partial charge in [-0.2, -0.15) is 0 Å². The topological polar surface area (TPSA) is 84.7 Å². The second-order valence-corrected chi connectivity index (χ2v) is 6.19. The second kappa shape index (κ2) is 7.10.